The first-order valence-corrected chi connectivity index (χ1v) is 3.41. The summed E-state index contributed by atoms with van der Waals surface area (Å²) in [4.78, 5) is 21.4. The smallest absolute Gasteiger partial charge is 0.374 e. The molecule has 0 saturated carbocycles. The van der Waals surface area contributed by atoms with Crippen molar-refractivity contribution in [3.63, 3.8) is 0 Å². The molecule has 0 aliphatic heterocycles. The second kappa shape index (κ2) is 5.85. The van der Waals surface area contributed by atoms with Gasteiger partial charge >= 0.3 is 5.97 Å². The first kappa shape index (κ1) is 10.1. The van der Waals surface area contributed by atoms with Crippen molar-refractivity contribution in [2.45, 2.75) is 13.3 Å². The van der Waals surface area contributed by atoms with Crippen LogP contribution in [0, 0.1) is 0 Å². The molecule has 0 amide bonds. The van der Waals surface area contributed by atoms with Gasteiger partial charge in [-0.1, -0.05) is 0 Å². The molecule has 0 spiro atoms. The summed E-state index contributed by atoms with van der Waals surface area (Å²) >= 11 is 0. The van der Waals surface area contributed by atoms with Crippen molar-refractivity contribution in [2.24, 2.45) is 0 Å². The molecule has 0 aromatic carbocycles. The molecule has 0 atom stereocenters. The molecule has 4 heteroatoms. The van der Waals surface area contributed by atoms with Crippen LogP contribution in [0.3, 0.4) is 0 Å². The number of ketones is 1. The minimum absolute atomic E-state index is 0.0926. The van der Waals surface area contributed by atoms with Crippen LogP contribution in [0.5, 0.6) is 0 Å². The van der Waals surface area contributed by atoms with E-state index in [-0.39, 0.29) is 19.6 Å². The second-order valence-electron chi connectivity index (χ2n) is 1.89. The van der Waals surface area contributed by atoms with Gasteiger partial charge < -0.3 is 9.47 Å². The largest absolute Gasteiger partial charge is 0.460 e. The summed E-state index contributed by atoms with van der Waals surface area (Å²) in [5, 5.41) is 0. The molecule has 0 aliphatic carbocycles. The molecular formula is C7H12O4. The predicted octanol–water partition coefficient (Wildman–Crippen LogP) is 0.155. The number of Topliss-reactive ketones (excluding diaryl/α,β-unsaturated/α-hetero) is 1. The third kappa shape index (κ3) is 4.50. The number of rotatable bonds is 5. The van der Waals surface area contributed by atoms with Crippen LogP contribution in [-0.4, -0.2) is 32.1 Å². The van der Waals surface area contributed by atoms with E-state index in [1.54, 1.807) is 6.92 Å². The molecule has 0 aromatic heterocycles. The molecular weight excluding hydrogens is 148 g/mol. The van der Waals surface area contributed by atoms with Gasteiger partial charge in [-0.2, -0.15) is 0 Å². The Kier molecular flexibility index (Phi) is 5.37. The van der Waals surface area contributed by atoms with Crippen molar-refractivity contribution in [1.29, 1.82) is 0 Å². The van der Waals surface area contributed by atoms with E-state index in [0.29, 0.717) is 0 Å². The molecule has 11 heavy (non-hydrogen) atoms. The van der Waals surface area contributed by atoms with Gasteiger partial charge in [0.15, 0.2) is 0 Å². The van der Waals surface area contributed by atoms with Crippen LogP contribution in [0.15, 0.2) is 0 Å². The number of carbonyl (C=O) groups is 2. The Labute approximate surface area is 65.5 Å². The van der Waals surface area contributed by atoms with Crippen molar-refractivity contribution >= 4 is 11.8 Å². The number of hydrogen-bond donors (Lipinski definition) is 0. The van der Waals surface area contributed by atoms with E-state index >= 15 is 0 Å². The standard InChI is InChI=1S/C7H12O4/c1-3-11-7(9)6(8)4-5-10-2/h3-5H2,1-2H3. The van der Waals surface area contributed by atoms with E-state index in [1.807, 2.05) is 0 Å². The summed E-state index contributed by atoms with van der Waals surface area (Å²) in [5.41, 5.74) is 0. The van der Waals surface area contributed by atoms with Crippen molar-refractivity contribution in [3.8, 4) is 0 Å². The van der Waals surface area contributed by atoms with Crippen LogP contribution in [0.1, 0.15) is 13.3 Å². The molecule has 0 aromatic rings. The number of esters is 1. The van der Waals surface area contributed by atoms with Crippen molar-refractivity contribution in [3.05, 3.63) is 0 Å². The maximum atomic E-state index is 10.7. The van der Waals surface area contributed by atoms with Gasteiger partial charge in [0.25, 0.3) is 0 Å². The van der Waals surface area contributed by atoms with E-state index in [2.05, 4.69) is 9.47 Å². The Morgan fingerprint density at radius 3 is 2.45 bits per heavy atom. The lowest BCUT2D eigenvalue weighted by Crippen LogP contribution is -2.18. The maximum absolute atomic E-state index is 10.7. The summed E-state index contributed by atoms with van der Waals surface area (Å²) in [6.07, 6.45) is 0.0926. The van der Waals surface area contributed by atoms with Crippen LogP contribution in [0.25, 0.3) is 0 Å². The average molecular weight is 160 g/mol. The van der Waals surface area contributed by atoms with E-state index in [1.165, 1.54) is 7.11 Å². The van der Waals surface area contributed by atoms with Crippen LogP contribution >= 0.6 is 0 Å². The Bertz CT molecular complexity index is 141. The Morgan fingerprint density at radius 1 is 1.36 bits per heavy atom. The molecule has 0 aliphatic rings. The van der Waals surface area contributed by atoms with Crippen molar-refractivity contribution in [1.82, 2.24) is 0 Å². The molecule has 0 bridgehead atoms. The zero-order chi connectivity index (χ0) is 8.69. The zero-order valence-electron chi connectivity index (χ0n) is 6.75. The van der Waals surface area contributed by atoms with Gasteiger partial charge in [-0.05, 0) is 6.92 Å². The highest BCUT2D eigenvalue weighted by Gasteiger charge is 2.13. The summed E-state index contributed by atoms with van der Waals surface area (Å²) in [5.74, 6) is -1.31. The number of ether oxygens (including phenoxy) is 2. The molecule has 0 N–H and O–H groups in total. The van der Waals surface area contributed by atoms with E-state index < -0.39 is 11.8 Å². The van der Waals surface area contributed by atoms with Gasteiger partial charge in [-0.25, -0.2) is 4.79 Å². The van der Waals surface area contributed by atoms with Crippen LogP contribution in [0.4, 0.5) is 0 Å². The molecule has 0 radical (unpaired) electrons. The van der Waals surface area contributed by atoms with Crippen LogP contribution in [-0.2, 0) is 19.1 Å². The fraction of sp³-hybridized carbons (Fsp3) is 0.714. The van der Waals surface area contributed by atoms with E-state index in [0.717, 1.165) is 0 Å². The zero-order valence-corrected chi connectivity index (χ0v) is 6.75. The number of hydrogen-bond acceptors (Lipinski definition) is 4. The van der Waals surface area contributed by atoms with Gasteiger partial charge in [-0.15, -0.1) is 0 Å². The third-order valence-electron chi connectivity index (χ3n) is 1.04. The molecule has 0 rings (SSSR count). The minimum Gasteiger partial charge on any atom is -0.460 e. The molecule has 0 fully saturated rings. The number of carbonyl (C=O) groups excluding carboxylic acids is 2. The highest BCUT2D eigenvalue weighted by atomic mass is 16.5. The van der Waals surface area contributed by atoms with Gasteiger partial charge in [-0.3, -0.25) is 4.79 Å². The van der Waals surface area contributed by atoms with Crippen LogP contribution in [0.2, 0.25) is 0 Å². The fourth-order valence-corrected chi connectivity index (χ4v) is 0.508. The van der Waals surface area contributed by atoms with Gasteiger partial charge in [0.1, 0.15) is 0 Å². The van der Waals surface area contributed by atoms with Gasteiger partial charge in [0, 0.05) is 13.5 Å². The highest BCUT2D eigenvalue weighted by molar-refractivity contribution is 6.33. The van der Waals surface area contributed by atoms with Crippen LogP contribution < -0.4 is 0 Å². The minimum atomic E-state index is -0.774. The summed E-state index contributed by atoms with van der Waals surface area (Å²) in [7, 11) is 1.47. The van der Waals surface area contributed by atoms with E-state index in [4.69, 9.17) is 0 Å². The summed E-state index contributed by atoms with van der Waals surface area (Å²) in [6, 6.07) is 0. The summed E-state index contributed by atoms with van der Waals surface area (Å²) < 4.78 is 9.07. The SMILES string of the molecule is CCOC(=O)C(=O)CCOC. The maximum Gasteiger partial charge on any atom is 0.374 e. The molecule has 4 nitrogen and oxygen atoms in total. The molecule has 0 heterocycles. The van der Waals surface area contributed by atoms with Crippen molar-refractivity contribution in [2.75, 3.05) is 20.3 Å². The second-order valence-corrected chi connectivity index (χ2v) is 1.89. The Morgan fingerprint density at radius 2 is 2.00 bits per heavy atom. The third-order valence-corrected chi connectivity index (χ3v) is 1.04. The lowest BCUT2D eigenvalue weighted by molar-refractivity contribution is -0.153. The fourth-order valence-electron chi connectivity index (χ4n) is 0.508. The Balaban J connectivity index is 3.56. The van der Waals surface area contributed by atoms with Gasteiger partial charge in [0.05, 0.1) is 13.2 Å². The molecule has 0 unspecified atom stereocenters. The quantitative estimate of drug-likeness (QED) is 0.424. The first-order chi connectivity index (χ1) is 5.22. The lowest BCUT2D eigenvalue weighted by Gasteiger charge is -1.98. The lowest BCUT2D eigenvalue weighted by atomic mass is 10.3. The predicted molar refractivity (Wildman–Crippen MR) is 38.1 cm³/mol. The molecule has 64 valence electrons. The molecule has 0 saturated heterocycles. The normalized spacial score (nSPS) is 9.27. The average Bonchev–Trinajstić information content (AvgIpc) is 2.00. The topological polar surface area (TPSA) is 52.6 Å². The Hall–Kier alpha value is -0.900. The van der Waals surface area contributed by atoms with Crippen molar-refractivity contribution < 1.29 is 19.1 Å². The number of methoxy groups -OCH3 is 1. The van der Waals surface area contributed by atoms with Gasteiger partial charge in [0.2, 0.25) is 5.78 Å². The summed E-state index contributed by atoms with van der Waals surface area (Å²) in [6.45, 7) is 2.15. The van der Waals surface area contributed by atoms with E-state index in [9.17, 15) is 9.59 Å². The highest BCUT2D eigenvalue weighted by Crippen LogP contribution is 1.87. The first-order valence-electron chi connectivity index (χ1n) is 3.41. The monoisotopic (exact) mass is 160 g/mol.